The van der Waals surface area contributed by atoms with E-state index in [1.165, 1.54) is 0 Å². The predicted molar refractivity (Wildman–Crippen MR) is 101 cm³/mol. The Labute approximate surface area is 156 Å². The summed E-state index contributed by atoms with van der Waals surface area (Å²) in [6.45, 7) is 1.04. The third-order valence-corrected chi connectivity index (χ3v) is 4.42. The third-order valence-electron chi connectivity index (χ3n) is 4.42. The van der Waals surface area contributed by atoms with E-state index in [9.17, 15) is 4.79 Å². The molecular weight excluding hydrogens is 342 g/mol. The van der Waals surface area contributed by atoms with Crippen molar-refractivity contribution < 1.29 is 9.53 Å². The van der Waals surface area contributed by atoms with Crippen LogP contribution < -0.4 is 10.1 Å². The van der Waals surface area contributed by atoms with Gasteiger partial charge in [0.05, 0.1) is 24.1 Å². The summed E-state index contributed by atoms with van der Waals surface area (Å²) in [5.41, 5.74) is 5.14. The van der Waals surface area contributed by atoms with Crippen LogP contribution in [0.4, 0.5) is 5.69 Å². The van der Waals surface area contributed by atoms with Gasteiger partial charge in [-0.1, -0.05) is 0 Å². The molecule has 0 aliphatic carbocycles. The SMILES string of the molecule is COc1ccc(N=NCc2cc(-c3cc4c([nH]3)CCNC4=O)ccn2)cc1. The molecule has 1 amide bonds. The van der Waals surface area contributed by atoms with E-state index in [1.54, 1.807) is 13.3 Å². The lowest BCUT2D eigenvalue weighted by Crippen LogP contribution is -2.31. The minimum absolute atomic E-state index is 0.0266. The summed E-state index contributed by atoms with van der Waals surface area (Å²) >= 11 is 0. The minimum Gasteiger partial charge on any atom is -0.497 e. The Bertz CT molecular complexity index is 992. The van der Waals surface area contributed by atoms with E-state index in [4.69, 9.17) is 4.74 Å². The Kier molecular flexibility index (Phi) is 4.65. The van der Waals surface area contributed by atoms with Gasteiger partial charge in [-0.2, -0.15) is 10.2 Å². The molecule has 1 aromatic carbocycles. The van der Waals surface area contributed by atoms with Crippen LogP contribution in [0.2, 0.25) is 0 Å². The van der Waals surface area contributed by atoms with E-state index in [0.717, 1.165) is 40.5 Å². The first-order chi connectivity index (χ1) is 13.2. The third kappa shape index (κ3) is 3.72. The fourth-order valence-corrected chi connectivity index (χ4v) is 3.02. The van der Waals surface area contributed by atoms with Crippen LogP contribution in [-0.2, 0) is 13.0 Å². The van der Waals surface area contributed by atoms with E-state index in [-0.39, 0.29) is 5.91 Å². The highest BCUT2D eigenvalue weighted by molar-refractivity contribution is 5.97. The maximum absolute atomic E-state index is 11.9. The molecule has 0 fully saturated rings. The molecule has 4 rings (SSSR count). The van der Waals surface area contributed by atoms with Gasteiger partial charge in [0.15, 0.2) is 0 Å². The van der Waals surface area contributed by atoms with Crippen molar-refractivity contribution in [2.45, 2.75) is 13.0 Å². The molecule has 0 atom stereocenters. The summed E-state index contributed by atoms with van der Waals surface area (Å²) in [5.74, 6) is 0.756. The zero-order valence-electron chi connectivity index (χ0n) is 14.9. The van der Waals surface area contributed by atoms with Crippen molar-refractivity contribution in [2.75, 3.05) is 13.7 Å². The number of carbonyl (C=O) groups excluding carboxylic acids is 1. The van der Waals surface area contributed by atoms with Crippen molar-refractivity contribution in [3.8, 4) is 17.0 Å². The van der Waals surface area contributed by atoms with E-state index < -0.39 is 0 Å². The lowest BCUT2D eigenvalue weighted by Gasteiger charge is -2.10. The molecule has 1 aliphatic rings. The van der Waals surface area contributed by atoms with E-state index in [1.807, 2.05) is 42.5 Å². The van der Waals surface area contributed by atoms with Crippen molar-refractivity contribution in [2.24, 2.45) is 10.2 Å². The molecule has 2 aromatic heterocycles. The number of carbonyl (C=O) groups is 1. The largest absolute Gasteiger partial charge is 0.497 e. The fourth-order valence-electron chi connectivity index (χ4n) is 3.02. The summed E-state index contributed by atoms with van der Waals surface area (Å²) in [6.07, 6.45) is 2.56. The molecule has 3 heterocycles. The van der Waals surface area contributed by atoms with Gasteiger partial charge in [-0.25, -0.2) is 0 Å². The van der Waals surface area contributed by atoms with Gasteiger partial charge in [-0.3, -0.25) is 9.78 Å². The van der Waals surface area contributed by atoms with Crippen molar-refractivity contribution >= 4 is 11.6 Å². The van der Waals surface area contributed by atoms with E-state index >= 15 is 0 Å². The standard InChI is InChI=1S/C20H19N5O2/c1-27-16-4-2-14(3-5-16)25-23-12-15-10-13(6-8-21-15)19-11-17-18(24-19)7-9-22-20(17)26/h2-6,8,10-11,24H,7,9,12H2,1H3,(H,22,26). The number of pyridine rings is 1. The zero-order chi connectivity index (χ0) is 18.6. The van der Waals surface area contributed by atoms with Gasteiger partial charge in [0.25, 0.3) is 5.91 Å². The smallest absolute Gasteiger partial charge is 0.253 e. The quantitative estimate of drug-likeness (QED) is 0.679. The molecule has 3 aromatic rings. The second kappa shape index (κ2) is 7.41. The number of aromatic nitrogens is 2. The Morgan fingerprint density at radius 3 is 2.81 bits per heavy atom. The fraction of sp³-hybridized carbons (Fsp3) is 0.200. The van der Waals surface area contributed by atoms with Crippen LogP contribution in [0.15, 0.2) is 58.9 Å². The zero-order valence-corrected chi connectivity index (χ0v) is 14.9. The van der Waals surface area contributed by atoms with Crippen molar-refractivity contribution in [1.82, 2.24) is 15.3 Å². The van der Waals surface area contributed by atoms with Crippen LogP contribution in [0.25, 0.3) is 11.3 Å². The molecule has 0 bridgehead atoms. The number of hydrogen-bond acceptors (Lipinski definition) is 5. The van der Waals surface area contributed by atoms with Crippen LogP contribution in [0.1, 0.15) is 21.7 Å². The van der Waals surface area contributed by atoms with Crippen molar-refractivity contribution in [3.05, 3.63) is 65.6 Å². The lowest BCUT2D eigenvalue weighted by atomic mass is 10.1. The number of nitrogens with one attached hydrogen (secondary N) is 2. The highest BCUT2D eigenvalue weighted by Gasteiger charge is 2.19. The number of fused-ring (bicyclic) bond motifs is 1. The average molecular weight is 361 g/mol. The van der Waals surface area contributed by atoms with Gasteiger partial charge in [-0.15, -0.1) is 0 Å². The number of benzene rings is 1. The lowest BCUT2D eigenvalue weighted by molar-refractivity contribution is 0.0946. The van der Waals surface area contributed by atoms with E-state index in [0.29, 0.717) is 18.7 Å². The van der Waals surface area contributed by atoms with Crippen LogP contribution in [0, 0.1) is 0 Å². The highest BCUT2D eigenvalue weighted by Crippen LogP contribution is 2.24. The van der Waals surface area contributed by atoms with Crippen molar-refractivity contribution in [3.63, 3.8) is 0 Å². The number of hydrogen-bond donors (Lipinski definition) is 2. The summed E-state index contributed by atoms with van der Waals surface area (Å²) in [6, 6.07) is 13.2. The minimum atomic E-state index is -0.0266. The first-order valence-corrected chi connectivity index (χ1v) is 8.70. The second-order valence-corrected chi connectivity index (χ2v) is 6.21. The van der Waals surface area contributed by atoms with Crippen LogP contribution in [0.3, 0.4) is 0 Å². The Morgan fingerprint density at radius 2 is 2.04 bits per heavy atom. The van der Waals surface area contributed by atoms with E-state index in [2.05, 4.69) is 25.5 Å². The molecule has 27 heavy (non-hydrogen) atoms. The molecule has 7 nitrogen and oxygen atoms in total. The number of ether oxygens (including phenoxy) is 1. The van der Waals surface area contributed by atoms with Gasteiger partial charge < -0.3 is 15.0 Å². The van der Waals surface area contributed by atoms with Crippen LogP contribution in [0.5, 0.6) is 5.75 Å². The maximum Gasteiger partial charge on any atom is 0.253 e. The summed E-state index contributed by atoms with van der Waals surface area (Å²) in [4.78, 5) is 19.6. The van der Waals surface area contributed by atoms with Gasteiger partial charge in [-0.05, 0) is 42.5 Å². The Morgan fingerprint density at radius 1 is 1.19 bits per heavy atom. The summed E-state index contributed by atoms with van der Waals surface area (Å²) < 4.78 is 5.12. The molecule has 0 saturated carbocycles. The molecule has 0 saturated heterocycles. The number of amides is 1. The van der Waals surface area contributed by atoms with Gasteiger partial charge >= 0.3 is 0 Å². The molecule has 2 N–H and O–H groups in total. The summed E-state index contributed by atoms with van der Waals surface area (Å²) in [5, 5.41) is 11.3. The maximum atomic E-state index is 11.9. The molecule has 0 spiro atoms. The first-order valence-electron chi connectivity index (χ1n) is 8.70. The van der Waals surface area contributed by atoms with Crippen LogP contribution >= 0.6 is 0 Å². The molecule has 136 valence electrons. The van der Waals surface area contributed by atoms with Crippen LogP contribution in [-0.4, -0.2) is 29.5 Å². The molecule has 7 heteroatoms. The number of nitrogens with zero attached hydrogens (tertiary/aromatic N) is 3. The summed E-state index contributed by atoms with van der Waals surface area (Å²) in [7, 11) is 1.63. The Balaban J connectivity index is 1.49. The Hall–Kier alpha value is -3.48. The van der Waals surface area contributed by atoms with Gasteiger partial charge in [0.1, 0.15) is 12.3 Å². The van der Waals surface area contributed by atoms with Gasteiger partial charge in [0, 0.05) is 36.1 Å². The molecular formula is C20H19N5O2. The molecule has 0 radical (unpaired) electrons. The number of azo groups is 1. The normalized spacial score (nSPS) is 13.4. The van der Waals surface area contributed by atoms with Gasteiger partial charge in [0.2, 0.25) is 0 Å². The highest BCUT2D eigenvalue weighted by atomic mass is 16.5. The molecule has 0 unspecified atom stereocenters. The predicted octanol–water partition coefficient (Wildman–Crippen LogP) is 3.66. The number of methoxy groups -OCH3 is 1. The monoisotopic (exact) mass is 361 g/mol. The van der Waals surface area contributed by atoms with Crippen molar-refractivity contribution in [1.29, 1.82) is 0 Å². The second-order valence-electron chi connectivity index (χ2n) is 6.21. The number of aromatic amines is 1. The number of rotatable bonds is 5. The first kappa shape index (κ1) is 17.0. The number of H-pyrrole nitrogens is 1. The topological polar surface area (TPSA) is 91.7 Å². The average Bonchev–Trinajstić information content (AvgIpc) is 3.15. The molecule has 1 aliphatic heterocycles.